The lowest BCUT2D eigenvalue weighted by atomic mass is 10.1. The van der Waals surface area contributed by atoms with Crippen molar-refractivity contribution in [2.45, 2.75) is 12.8 Å². The number of hydrogen-bond acceptors (Lipinski definition) is 6. The Morgan fingerprint density at radius 3 is 1.78 bits per heavy atom. The molecule has 0 N–H and O–H groups in total. The number of rotatable bonds is 7. The quantitative estimate of drug-likeness (QED) is 0.346. The van der Waals surface area contributed by atoms with Crippen molar-refractivity contribution < 1.29 is 28.7 Å². The van der Waals surface area contributed by atoms with E-state index in [0.717, 1.165) is 4.90 Å². The van der Waals surface area contributed by atoms with Crippen molar-refractivity contribution in [1.82, 2.24) is 9.80 Å². The van der Waals surface area contributed by atoms with E-state index >= 15 is 0 Å². The minimum absolute atomic E-state index is 0.0167. The van der Waals surface area contributed by atoms with Crippen LogP contribution in [0.4, 0.5) is 0 Å². The van der Waals surface area contributed by atoms with Crippen LogP contribution in [-0.4, -0.2) is 59.1 Å². The largest absolute Gasteiger partial charge is 0.464 e. The summed E-state index contributed by atoms with van der Waals surface area (Å²) in [7, 11) is 0. The second kappa shape index (κ2) is 8.72. The number of hydrogen-bond donors (Lipinski definition) is 0. The zero-order chi connectivity index (χ0) is 23.0. The summed E-state index contributed by atoms with van der Waals surface area (Å²) in [6, 6.07) is 9.21. The molecule has 0 atom stereocenters. The highest BCUT2D eigenvalue weighted by atomic mass is 35.5. The third kappa shape index (κ3) is 3.87. The van der Waals surface area contributed by atoms with Gasteiger partial charge in [-0.05, 0) is 37.1 Å². The molecule has 0 radical (unpaired) electrons. The van der Waals surface area contributed by atoms with Crippen LogP contribution < -0.4 is 0 Å². The normalized spacial score (nSPS) is 14.8. The number of carbonyl (C=O) groups is 5. The Kier molecular flexibility index (Phi) is 5.99. The Morgan fingerprint density at radius 2 is 1.25 bits per heavy atom. The molecule has 2 aromatic rings. The average molecular weight is 475 g/mol. The van der Waals surface area contributed by atoms with E-state index in [-0.39, 0.29) is 46.1 Å². The Balaban J connectivity index is 1.24. The maximum absolute atomic E-state index is 12.4. The first-order chi connectivity index (χ1) is 15.3. The average Bonchev–Trinajstić information content (AvgIpc) is 3.14. The van der Waals surface area contributed by atoms with Crippen LogP contribution in [0.3, 0.4) is 0 Å². The lowest BCUT2D eigenvalue weighted by molar-refractivity contribution is -0.144. The maximum atomic E-state index is 12.4. The molecule has 0 bridgehead atoms. The van der Waals surface area contributed by atoms with Gasteiger partial charge >= 0.3 is 5.97 Å². The summed E-state index contributed by atoms with van der Waals surface area (Å²) in [5.41, 5.74) is 0.927. The fourth-order valence-electron chi connectivity index (χ4n) is 3.60. The zero-order valence-corrected chi connectivity index (χ0v) is 18.1. The van der Waals surface area contributed by atoms with Crippen LogP contribution in [0, 0.1) is 0 Å². The summed E-state index contributed by atoms with van der Waals surface area (Å²) in [6.45, 7) is -0.327. The molecule has 0 saturated carbocycles. The molecule has 0 fully saturated rings. The molecule has 2 aromatic carbocycles. The highest BCUT2D eigenvalue weighted by molar-refractivity contribution is 6.43. The minimum Gasteiger partial charge on any atom is -0.464 e. The molecular weight excluding hydrogens is 459 g/mol. The molecule has 32 heavy (non-hydrogen) atoms. The molecule has 0 aliphatic carbocycles. The van der Waals surface area contributed by atoms with Crippen LogP contribution in [0.15, 0.2) is 36.4 Å². The summed E-state index contributed by atoms with van der Waals surface area (Å²) < 4.78 is 5.10. The number of carbonyl (C=O) groups excluding carboxylic acids is 5. The number of amides is 4. The molecule has 8 nitrogen and oxygen atoms in total. The Hall–Kier alpha value is -3.23. The van der Waals surface area contributed by atoms with Gasteiger partial charge in [-0.3, -0.25) is 33.8 Å². The van der Waals surface area contributed by atoms with Crippen molar-refractivity contribution >= 4 is 52.8 Å². The lowest BCUT2D eigenvalue weighted by Gasteiger charge is -2.14. The Morgan fingerprint density at radius 1 is 0.750 bits per heavy atom. The summed E-state index contributed by atoms with van der Waals surface area (Å²) in [4.78, 5) is 63.5. The topological polar surface area (TPSA) is 101 Å². The molecule has 2 heterocycles. The van der Waals surface area contributed by atoms with E-state index in [4.69, 9.17) is 27.9 Å². The van der Waals surface area contributed by atoms with Crippen molar-refractivity contribution in [1.29, 1.82) is 0 Å². The number of esters is 1. The van der Waals surface area contributed by atoms with E-state index in [1.54, 1.807) is 24.3 Å². The molecule has 2 aliphatic rings. The number of benzene rings is 2. The van der Waals surface area contributed by atoms with Crippen molar-refractivity contribution in [3.8, 4) is 0 Å². The van der Waals surface area contributed by atoms with E-state index in [9.17, 15) is 24.0 Å². The van der Waals surface area contributed by atoms with Gasteiger partial charge in [-0.1, -0.05) is 35.3 Å². The van der Waals surface area contributed by atoms with Crippen molar-refractivity contribution in [3.05, 3.63) is 68.7 Å². The number of nitrogens with zero attached hydrogens (tertiary/aromatic N) is 2. The predicted octanol–water partition coefficient (Wildman–Crippen LogP) is 3.21. The minimum atomic E-state index is -0.752. The molecule has 0 saturated heterocycles. The third-order valence-corrected chi connectivity index (χ3v) is 5.94. The maximum Gasteiger partial charge on any atom is 0.326 e. The van der Waals surface area contributed by atoms with E-state index in [2.05, 4.69) is 0 Å². The first kappa shape index (κ1) is 22.0. The van der Waals surface area contributed by atoms with Crippen LogP contribution in [0.25, 0.3) is 0 Å². The van der Waals surface area contributed by atoms with Gasteiger partial charge in [0.25, 0.3) is 23.6 Å². The summed E-state index contributed by atoms with van der Waals surface area (Å²) in [5, 5.41) is 0.267. The third-order valence-electron chi connectivity index (χ3n) is 5.22. The molecule has 2 aliphatic heterocycles. The number of ether oxygens (including phenoxy) is 1. The summed E-state index contributed by atoms with van der Waals surface area (Å²) >= 11 is 11.8. The first-order valence-corrected chi connectivity index (χ1v) is 10.5. The van der Waals surface area contributed by atoms with Gasteiger partial charge < -0.3 is 4.74 Å². The fourth-order valence-corrected chi connectivity index (χ4v) is 3.93. The van der Waals surface area contributed by atoms with Crippen molar-refractivity contribution in [2.24, 2.45) is 0 Å². The van der Waals surface area contributed by atoms with Gasteiger partial charge in [-0.2, -0.15) is 0 Å². The second-order valence-corrected chi connectivity index (χ2v) is 8.06. The number of halogens is 2. The van der Waals surface area contributed by atoms with Crippen molar-refractivity contribution in [2.75, 3.05) is 19.7 Å². The molecular formula is C22H16Cl2N2O6. The molecule has 0 aromatic heterocycles. The highest BCUT2D eigenvalue weighted by Gasteiger charge is 2.38. The first-order valence-electron chi connectivity index (χ1n) is 9.75. The van der Waals surface area contributed by atoms with Gasteiger partial charge in [0.15, 0.2) is 0 Å². The molecule has 4 rings (SSSR count). The molecule has 0 unspecified atom stereocenters. The van der Waals surface area contributed by atoms with E-state index < -0.39 is 24.3 Å². The van der Waals surface area contributed by atoms with Crippen LogP contribution in [0.5, 0.6) is 0 Å². The van der Waals surface area contributed by atoms with E-state index in [1.165, 1.54) is 17.0 Å². The smallest absolute Gasteiger partial charge is 0.326 e. The Bertz CT molecular complexity index is 1100. The SMILES string of the molecule is O=C(CN1C(=O)c2cc(Cl)c(Cl)cc2C1=O)OCCCCN1C(=O)c2ccccc2C1=O. The molecule has 10 heteroatoms. The van der Waals surface area contributed by atoms with Gasteiger partial charge in [-0.15, -0.1) is 0 Å². The summed E-state index contributed by atoms with van der Waals surface area (Å²) in [6.07, 6.45) is 0.829. The van der Waals surface area contributed by atoms with Crippen LogP contribution in [0.2, 0.25) is 10.0 Å². The standard InChI is InChI=1S/C22H16Cl2N2O6/c23-16-9-14-15(10-17(16)24)22(31)26(21(14)30)11-18(27)32-8-4-3-7-25-19(28)12-5-1-2-6-13(12)20(25)29/h1-2,5-6,9-10H,3-4,7-8,11H2. The fraction of sp³-hybridized carbons (Fsp3) is 0.227. The number of unbranched alkanes of at least 4 members (excludes halogenated alkanes) is 1. The van der Waals surface area contributed by atoms with Gasteiger partial charge in [0, 0.05) is 6.54 Å². The summed E-state index contributed by atoms with van der Waals surface area (Å²) in [5.74, 6) is -2.73. The molecule has 164 valence electrons. The lowest BCUT2D eigenvalue weighted by Crippen LogP contribution is -2.35. The Labute approximate surface area is 192 Å². The van der Waals surface area contributed by atoms with Gasteiger partial charge in [0.05, 0.1) is 38.9 Å². The van der Waals surface area contributed by atoms with E-state index in [0.29, 0.717) is 24.0 Å². The molecule has 0 spiro atoms. The predicted molar refractivity (Wildman–Crippen MR) is 114 cm³/mol. The van der Waals surface area contributed by atoms with E-state index in [1.807, 2.05) is 0 Å². The van der Waals surface area contributed by atoms with Gasteiger partial charge in [0.2, 0.25) is 0 Å². The number of fused-ring (bicyclic) bond motifs is 2. The van der Waals surface area contributed by atoms with Crippen molar-refractivity contribution in [3.63, 3.8) is 0 Å². The van der Waals surface area contributed by atoms with Crippen LogP contribution in [-0.2, 0) is 9.53 Å². The number of imide groups is 2. The second-order valence-electron chi connectivity index (χ2n) is 7.24. The van der Waals surface area contributed by atoms with Crippen LogP contribution >= 0.6 is 23.2 Å². The van der Waals surface area contributed by atoms with Crippen LogP contribution in [0.1, 0.15) is 54.3 Å². The molecule has 4 amide bonds. The highest BCUT2D eigenvalue weighted by Crippen LogP contribution is 2.31. The zero-order valence-electron chi connectivity index (χ0n) is 16.6. The van der Waals surface area contributed by atoms with Gasteiger partial charge in [0.1, 0.15) is 6.54 Å². The van der Waals surface area contributed by atoms with Gasteiger partial charge in [-0.25, -0.2) is 0 Å². The monoisotopic (exact) mass is 474 g/mol.